The lowest BCUT2D eigenvalue weighted by molar-refractivity contribution is 0.0748. The fraction of sp³-hybridized carbons (Fsp3) is 0.562. The Morgan fingerprint density at radius 1 is 1.35 bits per heavy atom. The van der Waals surface area contributed by atoms with Gasteiger partial charge in [-0.3, -0.25) is 4.79 Å². The number of nitrogen functional groups attached to an aromatic ring is 1. The molecular formula is C16H25N3O. The van der Waals surface area contributed by atoms with E-state index < -0.39 is 0 Å². The second-order valence-electron chi connectivity index (χ2n) is 5.86. The lowest BCUT2D eigenvalue weighted by Gasteiger charge is -2.23. The van der Waals surface area contributed by atoms with Crippen molar-refractivity contribution < 1.29 is 4.79 Å². The Balaban J connectivity index is 2.15. The Labute approximate surface area is 121 Å². The number of anilines is 2. The predicted molar refractivity (Wildman–Crippen MR) is 84.1 cm³/mol. The molecule has 0 atom stereocenters. The summed E-state index contributed by atoms with van der Waals surface area (Å²) in [5.74, 6) is 0.819. The summed E-state index contributed by atoms with van der Waals surface area (Å²) in [7, 11) is 3.90. The second-order valence-corrected chi connectivity index (χ2v) is 5.86. The van der Waals surface area contributed by atoms with Crippen molar-refractivity contribution in [1.29, 1.82) is 0 Å². The fourth-order valence-corrected chi connectivity index (χ4v) is 2.44. The summed E-state index contributed by atoms with van der Waals surface area (Å²) in [6.07, 6.45) is 3.51. The Kier molecular flexibility index (Phi) is 4.53. The number of hydrogen-bond acceptors (Lipinski definition) is 3. The van der Waals surface area contributed by atoms with E-state index in [1.807, 2.05) is 36.0 Å². The van der Waals surface area contributed by atoms with Gasteiger partial charge in [0.1, 0.15) is 0 Å². The van der Waals surface area contributed by atoms with Gasteiger partial charge in [-0.1, -0.05) is 6.92 Å². The SMILES string of the molecule is CCCN(CC1CC1)C(=O)c1ccc(N(C)C)c(N)c1. The summed E-state index contributed by atoms with van der Waals surface area (Å²) in [6, 6.07) is 5.60. The number of benzene rings is 1. The topological polar surface area (TPSA) is 49.6 Å². The molecule has 0 saturated heterocycles. The maximum atomic E-state index is 12.6. The van der Waals surface area contributed by atoms with Crippen LogP contribution in [0.25, 0.3) is 0 Å². The van der Waals surface area contributed by atoms with Crippen LogP contribution in [0.4, 0.5) is 11.4 Å². The monoisotopic (exact) mass is 275 g/mol. The van der Waals surface area contributed by atoms with E-state index in [0.717, 1.165) is 25.2 Å². The van der Waals surface area contributed by atoms with Crippen LogP contribution in [0.1, 0.15) is 36.5 Å². The smallest absolute Gasteiger partial charge is 0.253 e. The third-order valence-corrected chi connectivity index (χ3v) is 3.71. The van der Waals surface area contributed by atoms with Crippen molar-refractivity contribution in [3.8, 4) is 0 Å². The molecule has 0 unspecified atom stereocenters. The lowest BCUT2D eigenvalue weighted by atomic mass is 10.1. The number of nitrogens with zero attached hydrogens (tertiary/aromatic N) is 2. The third kappa shape index (κ3) is 3.44. The van der Waals surface area contributed by atoms with Gasteiger partial charge >= 0.3 is 0 Å². The molecule has 2 rings (SSSR count). The van der Waals surface area contributed by atoms with Crippen molar-refractivity contribution in [2.75, 3.05) is 37.8 Å². The number of hydrogen-bond donors (Lipinski definition) is 1. The van der Waals surface area contributed by atoms with Gasteiger partial charge in [0.05, 0.1) is 11.4 Å². The van der Waals surface area contributed by atoms with E-state index in [1.54, 1.807) is 6.07 Å². The average Bonchev–Trinajstić information content (AvgIpc) is 3.21. The maximum Gasteiger partial charge on any atom is 0.253 e. The molecule has 1 aromatic carbocycles. The number of carbonyl (C=O) groups is 1. The van der Waals surface area contributed by atoms with Crippen LogP contribution in [0.5, 0.6) is 0 Å². The van der Waals surface area contributed by atoms with E-state index in [4.69, 9.17) is 5.73 Å². The zero-order valence-electron chi connectivity index (χ0n) is 12.7. The van der Waals surface area contributed by atoms with Gasteiger partial charge in [0.25, 0.3) is 5.91 Å². The Hall–Kier alpha value is -1.71. The Morgan fingerprint density at radius 3 is 2.55 bits per heavy atom. The first-order chi connectivity index (χ1) is 9.52. The molecule has 0 heterocycles. The van der Waals surface area contributed by atoms with Crippen molar-refractivity contribution in [2.24, 2.45) is 5.92 Å². The number of rotatable bonds is 6. The van der Waals surface area contributed by atoms with Gasteiger partial charge in [-0.15, -0.1) is 0 Å². The summed E-state index contributed by atoms with van der Waals surface area (Å²) >= 11 is 0. The maximum absolute atomic E-state index is 12.6. The molecule has 0 aromatic heterocycles. The van der Waals surface area contributed by atoms with Gasteiger partial charge in [0.2, 0.25) is 0 Å². The van der Waals surface area contributed by atoms with Crippen molar-refractivity contribution in [3.63, 3.8) is 0 Å². The highest BCUT2D eigenvalue weighted by atomic mass is 16.2. The molecule has 110 valence electrons. The zero-order valence-corrected chi connectivity index (χ0v) is 12.7. The van der Waals surface area contributed by atoms with Gasteiger partial charge < -0.3 is 15.5 Å². The molecule has 4 heteroatoms. The molecule has 1 aliphatic rings. The van der Waals surface area contributed by atoms with E-state index in [1.165, 1.54) is 12.8 Å². The molecule has 1 saturated carbocycles. The predicted octanol–water partition coefficient (Wildman–Crippen LogP) is 2.60. The molecule has 4 nitrogen and oxygen atoms in total. The van der Waals surface area contributed by atoms with Crippen molar-refractivity contribution in [1.82, 2.24) is 4.90 Å². The van der Waals surface area contributed by atoms with Gasteiger partial charge in [-0.2, -0.15) is 0 Å². The van der Waals surface area contributed by atoms with Crippen LogP contribution in [-0.2, 0) is 0 Å². The van der Waals surface area contributed by atoms with Crippen molar-refractivity contribution in [2.45, 2.75) is 26.2 Å². The first kappa shape index (κ1) is 14.7. The highest BCUT2D eigenvalue weighted by molar-refractivity contribution is 5.96. The third-order valence-electron chi connectivity index (χ3n) is 3.71. The van der Waals surface area contributed by atoms with Crippen LogP contribution in [0.2, 0.25) is 0 Å². The molecule has 1 aliphatic carbocycles. The minimum Gasteiger partial charge on any atom is -0.397 e. The Bertz CT molecular complexity index is 481. The summed E-state index contributed by atoms with van der Waals surface area (Å²) in [6.45, 7) is 3.82. The minimum absolute atomic E-state index is 0.107. The highest BCUT2D eigenvalue weighted by Gasteiger charge is 2.27. The first-order valence-electron chi connectivity index (χ1n) is 7.39. The Morgan fingerprint density at radius 2 is 2.05 bits per heavy atom. The molecule has 0 bridgehead atoms. The molecular weight excluding hydrogens is 250 g/mol. The van der Waals surface area contributed by atoms with Gasteiger partial charge in [0, 0.05) is 32.7 Å². The summed E-state index contributed by atoms with van der Waals surface area (Å²) in [4.78, 5) is 16.5. The normalized spacial score (nSPS) is 14.2. The van der Waals surface area contributed by atoms with Gasteiger partial charge in [0.15, 0.2) is 0 Å². The lowest BCUT2D eigenvalue weighted by Crippen LogP contribution is -2.33. The van der Waals surface area contributed by atoms with Crippen molar-refractivity contribution >= 4 is 17.3 Å². The van der Waals surface area contributed by atoms with Crippen LogP contribution in [0, 0.1) is 5.92 Å². The van der Waals surface area contributed by atoms with Crippen LogP contribution >= 0.6 is 0 Å². The molecule has 0 radical (unpaired) electrons. The molecule has 0 spiro atoms. The first-order valence-corrected chi connectivity index (χ1v) is 7.39. The summed E-state index contributed by atoms with van der Waals surface area (Å²) in [5, 5.41) is 0. The number of carbonyl (C=O) groups excluding carboxylic acids is 1. The largest absolute Gasteiger partial charge is 0.397 e. The number of nitrogens with two attached hydrogens (primary N) is 1. The van der Waals surface area contributed by atoms with E-state index in [-0.39, 0.29) is 5.91 Å². The molecule has 0 aliphatic heterocycles. The van der Waals surface area contributed by atoms with E-state index in [0.29, 0.717) is 17.2 Å². The van der Waals surface area contributed by atoms with Crippen LogP contribution in [0.15, 0.2) is 18.2 Å². The van der Waals surface area contributed by atoms with E-state index in [2.05, 4.69) is 6.92 Å². The average molecular weight is 275 g/mol. The van der Waals surface area contributed by atoms with E-state index in [9.17, 15) is 4.79 Å². The molecule has 1 fully saturated rings. The molecule has 1 aromatic rings. The summed E-state index contributed by atoms with van der Waals surface area (Å²) in [5.41, 5.74) is 8.34. The van der Waals surface area contributed by atoms with Gasteiger partial charge in [-0.05, 0) is 43.4 Å². The van der Waals surface area contributed by atoms with Crippen LogP contribution in [0.3, 0.4) is 0 Å². The second kappa shape index (κ2) is 6.16. The molecule has 1 amide bonds. The molecule has 20 heavy (non-hydrogen) atoms. The highest BCUT2D eigenvalue weighted by Crippen LogP contribution is 2.30. The standard InChI is InChI=1S/C16H25N3O/c1-4-9-19(11-12-5-6-12)16(20)13-7-8-15(18(2)3)14(17)10-13/h7-8,10,12H,4-6,9,11,17H2,1-3H3. The van der Waals surface area contributed by atoms with Crippen LogP contribution in [-0.4, -0.2) is 38.0 Å². The van der Waals surface area contributed by atoms with E-state index >= 15 is 0 Å². The quantitative estimate of drug-likeness (QED) is 0.812. The van der Waals surface area contributed by atoms with Gasteiger partial charge in [-0.25, -0.2) is 0 Å². The fourth-order valence-electron chi connectivity index (χ4n) is 2.44. The van der Waals surface area contributed by atoms with Crippen LogP contribution < -0.4 is 10.6 Å². The minimum atomic E-state index is 0.107. The summed E-state index contributed by atoms with van der Waals surface area (Å²) < 4.78 is 0. The zero-order chi connectivity index (χ0) is 14.7. The molecule has 2 N–H and O–H groups in total. The number of amides is 1. The van der Waals surface area contributed by atoms with Crippen molar-refractivity contribution in [3.05, 3.63) is 23.8 Å².